The third-order valence-corrected chi connectivity index (χ3v) is 5.25. The molecule has 0 unspecified atom stereocenters. The van der Waals surface area contributed by atoms with Gasteiger partial charge in [0.1, 0.15) is 0 Å². The van der Waals surface area contributed by atoms with E-state index >= 15 is 0 Å². The quantitative estimate of drug-likeness (QED) is 0.928. The Labute approximate surface area is 129 Å². The lowest BCUT2D eigenvalue weighted by Gasteiger charge is -2.45. The maximum absolute atomic E-state index is 12.5. The number of nitrogens with two attached hydrogens (primary N) is 1. The van der Waals surface area contributed by atoms with E-state index in [1.165, 1.54) is 7.11 Å². The number of primary amides is 1. The topological polar surface area (TPSA) is 78.6 Å². The van der Waals surface area contributed by atoms with Crippen LogP contribution < -0.4 is 15.2 Å². The molecular formula is C17H21NO4. The van der Waals surface area contributed by atoms with Gasteiger partial charge >= 0.3 is 0 Å². The monoisotopic (exact) mass is 303 g/mol. The van der Waals surface area contributed by atoms with E-state index in [1.807, 2.05) is 0 Å². The second kappa shape index (κ2) is 5.30. The summed E-state index contributed by atoms with van der Waals surface area (Å²) in [5.41, 5.74) is 6.34. The molecule has 2 N–H and O–H groups in total. The Morgan fingerprint density at radius 1 is 1.23 bits per heavy atom. The van der Waals surface area contributed by atoms with Crippen molar-refractivity contribution in [3.05, 3.63) is 23.3 Å². The zero-order valence-corrected chi connectivity index (χ0v) is 13.0. The van der Waals surface area contributed by atoms with Crippen molar-refractivity contribution in [3.63, 3.8) is 0 Å². The van der Waals surface area contributed by atoms with Gasteiger partial charge in [0, 0.05) is 12.0 Å². The van der Waals surface area contributed by atoms with E-state index in [0.717, 1.165) is 24.8 Å². The zero-order chi connectivity index (χ0) is 15.9. The summed E-state index contributed by atoms with van der Waals surface area (Å²) >= 11 is 0. The fraction of sp³-hybridized carbons (Fsp3) is 0.529. The summed E-state index contributed by atoms with van der Waals surface area (Å²) in [6.45, 7) is 0. The molecule has 1 amide bonds. The third kappa shape index (κ3) is 1.91. The highest BCUT2D eigenvalue weighted by Crippen LogP contribution is 2.51. The van der Waals surface area contributed by atoms with Gasteiger partial charge < -0.3 is 15.2 Å². The first-order chi connectivity index (χ1) is 10.5. The van der Waals surface area contributed by atoms with Gasteiger partial charge in [0.05, 0.1) is 19.6 Å². The molecule has 2 aliphatic rings. The molecule has 0 heterocycles. The van der Waals surface area contributed by atoms with E-state index in [1.54, 1.807) is 19.2 Å². The molecule has 5 heteroatoms. The number of carbonyl (C=O) groups excluding carboxylic acids is 2. The van der Waals surface area contributed by atoms with Crippen LogP contribution in [-0.2, 0) is 10.2 Å². The molecule has 0 radical (unpaired) electrons. The molecule has 1 aromatic carbocycles. The van der Waals surface area contributed by atoms with Gasteiger partial charge in [0.2, 0.25) is 5.91 Å². The second-order valence-electron chi connectivity index (χ2n) is 6.16. The number of amides is 1. The molecule has 0 aromatic heterocycles. The summed E-state index contributed by atoms with van der Waals surface area (Å²) in [6.07, 6.45) is 3.92. The number of methoxy groups -OCH3 is 2. The average Bonchev–Trinajstić information content (AvgIpc) is 2.53. The first kappa shape index (κ1) is 14.9. The number of ketones is 1. The third-order valence-electron chi connectivity index (χ3n) is 5.25. The summed E-state index contributed by atoms with van der Waals surface area (Å²) in [7, 11) is 3.08. The van der Waals surface area contributed by atoms with E-state index in [2.05, 4.69) is 0 Å². The Kier molecular flexibility index (Phi) is 3.59. The lowest BCUT2D eigenvalue weighted by atomic mass is 9.56. The van der Waals surface area contributed by atoms with Crippen LogP contribution in [0.25, 0.3) is 0 Å². The molecule has 118 valence electrons. The standard InChI is InChI=1S/C17H21NO4/c1-21-14-8-11-12(9-15(14)22-2)17(16(18)20)6-4-3-5-10(17)7-13(11)19/h8-10H,3-7H2,1-2H3,(H2,18,20)/t10-,17-/m1/s1. The minimum Gasteiger partial charge on any atom is -0.493 e. The molecule has 1 saturated carbocycles. The molecule has 0 saturated heterocycles. The first-order valence-electron chi connectivity index (χ1n) is 7.64. The van der Waals surface area contributed by atoms with E-state index in [4.69, 9.17) is 15.2 Å². The maximum atomic E-state index is 12.5. The highest BCUT2D eigenvalue weighted by molar-refractivity contribution is 6.04. The summed E-state index contributed by atoms with van der Waals surface area (Å²) in [4.78, 5) is 24.9. The number of fused-ring (bicyclic) bond motifs is 3. The van der Waals surface area contributed by atoms with Crippen molar-refractivity contribution in [1.29, 1.82) is 0 Å². The van der Waals surface area contributed by atoms with Crippen molar-refractivity contribution < 1.29 is 19.1 Å². The van der Waals surface area contributed by atoms with Gasteiger partial charge in [-0.3, -0.25) is 9.59 Å². The molecule has 1 aromatic rings. The summed E-state index contributed by atoms with van der Waals surface area (Å²) in [6, 6.07) is 3.46. The lowest BCUT2D eigenvalue weighted by Crippen LogP contribution is -2.52. The van der Waals surface area contributed by atoms with E-state index in [9.17, 15) is 9.59 Å². The molecule has 2 aliphatic carbocycles. The fourth-order valence-corrected chi connectivity index (χ4v) is 4.15. The molecule has 3 rings (SSSR count). The van der Waals surface area contributed by atoms with Gasteiger partial charge in [-0.25, -0.2) is 0 Å². The summed E-state index contributed by atoms with van der Waals surface area (Å²) < 4.78 is 10.6. The van der Waals surface area contributed by atoms with Crippen molar-refractivity contribution in [2.45, 2.75) is 37.5 Å². The highest BCUT2D eigenvalue weighted by Gasteiger charge is 2.52. The van der Waals surface area contributed by atoms with Crippen molar-refractivity contribution >= 4 is 11.7 Å². The Morgan fingerprint density at radius 2 is 1.91 bits per heavy atom. The Balaban J connectivity index is 2.27. The SMILES string of the molecule is COc1cc2c(cc1OC)[C@@]1(C(N)=O)CCCC[C@@H]1CC2=O. The predicted octanol–water partition coefficient (Wildman–Crippen LogP) is 2.20. The highest BCUT2D eigenvalue weighted by atomic mass is 16.5. The van der Waals surface area contributed by atoms with E-state index < -0.39 is 5.41 Å². The number of benzene rings is 1. The Morgan fingerprint density at radius 3 is 2.55 bits per heavy atom. The first-order valence-corrected chi connectivity index (χ1v) is 7.64. The van der Waals surface area contributed by atoms with Crippen LogP contribution in [0.5, 0.6) is 11.5 Å². The van der Waals surface area contributed by atoms with Crippen LogP contribution in [0.3, 0.4) is 0 Å². The van der Waals surface area contributed by atoms with Gasteiger partial charge in [0.25, 0.3) is 0 Å². The van der Waals surface area contributed by atoms with E-state index in [-0.39, 0.29) is 17.6 Å². The van der Waals surface area contributed by atoms with Crippen molar-refractivity contribution in [3.8, 4) is 11.5 Å². The number of ether oxygens (including phenoxy) is 2. The fourth-order valence-electron chi connectivity index (χ4n) is 4.15. The summed E-state index contributed by atoms with van der Waals surface area (Å²) in [5, 5.41) is 0. The molecule has 2 atom stereocenters. The van der Waals surface area contributed by atoms with Gasteiger partial charge in [-0.1, -0.05) is 12.8 Å². The van der Waals surface area contributed by atoms with E-state index in [0.29, 0.717) is 29.9 Å². The van der Waals surface area contributed by atoms with Gasteiger partial charge in [0.15, 0.2) is 17.3 Å². The number of Topliss-reactive ketones (excluding diaryl/α,β-unsaturated/α-hetero) is 1. The number of rotatable bonds is 3. The Bertz CT molecular complexity index is 640. The largest absolute Gasteiger partial charge is 0.493 e. The van der Waals surface area contributed by atoms with Crippen LogP contribution in [0.4, 0.5) is 0 Å². The van der Waals surface area contributed by atoms with Gasteiger partial charge in [-0.05, 0) is 36.5 Å². The zero-order valence-electron chi connectivity index (χ0n) is 13.0. The number of carbonyl (C=O) groups is 2. The number of hydrogen-bond acceptors (Lipinski definition) is 4. The molecule has 0 spiro atoms. The minimum absolute atomic E-state index is 0.00292. The van der Waals surface area contributed by atoms with Crippen molar-refractivity contribution in [1.82, 2.24) is 0 Å². The van der Waals surface area contributed by atoms with Crippen LogP contribution in [0.1, 0.15) is 48.0 Å². The molecule has 5 nitrogen and oxygen atoms in total. The van der Waals surface area contributed by atoms with Crippen LogP contribution in [-0.4, -0.2) is 25.9 Å². The molecule has 1 fully saturated rings. The molecule has 0 bridgehead atoms. The average molecular weight is 303 g/mol. The minimum atomic E-state index is -0.749. The van der Waals surface area contributed by atoms with Crippen molar-refractivity contribution in [2.75, 3.05) is 14.2 Å². The lowest BCUT2D eigenvalue weighted by molar-refractivity contribution is -0.127. The van der Waals surface area contributed by atoms with Crippen LogP contribution in [0, 0.1) is 5.92 Å². The van der Waals surface area contributed by atoms with Gasteiger partial charge in [-0.2, -0.15) is 0 Å². The van der Waals surface area contributed by atoms with Crippen LogP contribution >= 0.6 is 0 Å². The molecule has 22 heavy (non-hydrogen) atoms. The van der Waals surface area contributed by atoms with Gasteiger partial charge in [-0.15, -0.1) is 0 Å². The molecular weight excluding hydrogens is 282 g/mol. The summed E-state index contributed by atoms with van der Waals surface area (Å²) in [5.74, 6) is 0.749. The smallest absolute Gasteiger partial charge is 0.228 e. The predicted molar refractivity (Wildman–Crippen MR) is 81.3 cm³/mol. The molecule has 0 aliphatic heterocycles. The van der Waals surface area contributed by atoms with Crippen molar-refractivity contribution in [2.24, 2.45) is 11.7 Å². The number of hydrogen-bond donors (Lipinski definition) is 1. The maximum Gasteiger partial charge on any atom is 0.228 e. The van der Waals surface area contributed by atoms with Crippen LogP contribution in [0.15, 0.2) is 12.1 Å². The van der Waals surface area contributed by atoms with Crippen LogP contribution in [0.2, 0.25) is 0 Å². The Hall–Kier alpha value is -2.04. The second-order valence-corrected chi connectivity index (χ2v) is 6.16. The normalized spacial score (nSPS) is 26.8.